The van der Waals surface area contributed by atoms with Gasteiger partial charge in [-0.2, -0.15) is 8.42 Å². The first-order valence-corrected chi connectivity index (χ1v) is 23.2. The van der Waals surface area contributed by atoms with E-state index < -0.39 is 71.2 Å². The molecule has 0 aromatic rings. The Balaban J connectivity index is 2.51. The monoisotopic (exact) mass is 838 g/mol. The second kappa shape index (κ2) is 34.9. The summed E-state index contributed by atoms with van der Waals surface area (Å²) in [7, 11) is -4.61. The van der Waals surface area contributed by atoms with E-state index in [1.54, 1.807) is 0 Å². The van der Waals surface area contributed by atoms with Crippen LogP contribution in [0.5, 0.6) is 0 Å². The fourth-order valence-electron chi connectivity index (χ4n) is 6.01. The fourth-order valence-corrected chi connectivity index (χ4v) is 6.70. The van der Waals surface area contributed by atoms with Crippen LogP contribution >= 0.6 is 0 Å². The number of esters is 2. The largest absolute Gasteiger partial charge is 0.462 e. The number of allylic oxidation sites excluding steroid dienone is 12. The summed E-state index contributed by atoms with van der Waals surface area (Å²) in [6.45, 7) is 3.54. The van der Waals surface area contributed by atoms with Gasteiger partial charge in [-0.1, -0.05) is 138 Å². The van der Waals surface area contributed by atoms with E-state index in [9.17, 15) is 37.9 Å². The summed E-state index contributed by atoms with van der Waals surface area (Å²) >= 11 is 0. The van der Waals surface area contributed by atoms with Gasteiger partial charge in [0.05, 0.1) is 6.61 Å². The number of carbonyl (C=O) groups is 2. The van der Waals surface area contributed by atoms with Crippen molar-refractivity contribution in [2.45, 2.75) is 179 Å². The maximum Gasteiger partial charge on any atom is 0.306 e. The van der Waals surface area contributed by atoms with Crippen molar-refractivity contribution in [2.24, 2.45) is 0 Å². The molecule has 1 aliphatic rings. The Hall–Kier alpha value is -2.91. The molecule has 0 saturated carbocycles. The lowest BCUT2D eigenvalue weighted by Crippen LogP contribution is -2.60. The Morgan fingerprint density at radius 1 is 0.621 bits per heavy atom. The van der Waals surface area contributed by atoms with Crippen molar-refractivity contribution in [3.8, 4) is 0 Å². The highest BCUT2D eigenvalue weighted by molar-refractivity contribution is 7.85. The fraction of sp³-hybridized carbons (Fsp3) is 0.689. The number of carbonyl (C=O) groups excluding carboxylic acids is 2. The molecule has 1 fully saturated rings. The summed E-state index contributed by atoms with van der Waals surface area (Å²) in [5, 5.41) is 30.8. The molecule has 0 bridgehead atoms. The molecule has 332 valence electrons. The number of aliphatic hydroxyl groups excluding tert-OH is 3. The lowest BCUT2D eigenvalue weighted by molar-refractivity contribution is -0.297. The predicted molar refractivity (Wildman–Crippen MR) is 228 cm³/mol. The molecule has 1 heterocycles. The molecule has 1 saturated heterocycles. The lowest BCUT2D eigenvalue weighted by atomic mass is 10.00. The first kappa shape index (κ1) is 53.1. The van der Waals surface area contributed by atoms with Gasteiger partial charge in [0.2, 0.25) is 0 Å². The summed E-state index contributed by atoms with van der Waals surface area (Å²) in [4.78, 5) is 25.4. The van der Waals surface area contributed by atoms with Crippen molar-refractivity contribution in [1.29, 1.82) is 0 Å². The zero-order chi connectivity index (χ0) is 42.7. The standard InChI is InChI=1S/C45H74O12S/c1-3-5-7-9-11-13-15-17-19-21-23-25-27-29-31-33-40(46)54-35-38(36-55-45-44(50)43(49)42(48)39(57-45)37-58(51,52)53)56-41(47)34-32-30-28-26-24-22-20-18-16-14-12-10-8-6-4-2/h5,7,9,11-15,17-20,38-39,42-45,48-50H,3-4,6,8,10,16,21-37H2,1-2H3,(H,51,52,53)/b7-5+,11-9+,14-12+,15-13+,19-17+,20-18+/t38-,39-,42-,43?,44?,45+/m1/s1. The SMILES string of the molecule is CC/C=C/C=C/C=C/C=C/CCCCCCCC(=O)OC[C@H](CO[C@H]1O[C@H](CS(=O)(=O)O)[C@@H](O)C(O)C1O)OC(=O)CCCCCCC/C=C/C/C=C/CCCCC. The average molecular weight is 839 g/mol. The van der Waals surface area contributed by atoms with Gasteiger partial charge in [-0.3, -0.25) is 14.1 Å². The van der Waals surface area contributed by atoms with Gasteiger partial charge in [0.1, 0.15) is 36.8 Å². The van der Waals surface area contributed by atoms with Gasteiger partial charge in [-0.25, -0.2) is 0 Å². The van der Waals surface area contributed by atoms with Crippen molar-refractivity contribution in [2.75, 3.05) is 19.0 Å². The minimum atomic E-state index is -4.61. The Morgan fingerprint density at radius 3 is 1.76 bits per heavy atom. The molecule has 0 aromatic carbocycles. The molecule has 58 heavy (non-hydrogen) atoms. The molecule has 0 radical (unpaired) electrons. The van der Waals surface area contributed by atoms with Crippen molar-refractivity contribution >= 4 is 22.1 Å². The molecule has 1 rings (SSSR count). The zero-order valence-corrected chi connectivity index (χ0v) is 35.9. The summed E-state index contributed by atoms with van der Waals surface area (Å²) in [6.07, 6.45) is 33.7. The molecule has 13 heteroatoms. The van der Waals surface area contributed by atoms with Gasteiger partial charge >= 0.3 is 11.9 Å². The normalized spacial score (nSPS) is 21.1. The van der Waals surface area contributed by atoms with Crippen LogP contribution in [0.15, 0.2) is 72.9 Å². The van der Waals surface area contributed by atoms with Crippen LogP contribution in [-0.4, -0.2) is 96.0 Å². The third-order valence-corrected chi connectivity index (χ3v) is 10.1. The minimum Gasteiger partial charge on any atom is -0.462 e. The van der Waals surface area contributed by atoms with E-state index in [1.165, 1.54) is 19.3 Å². The average Bonchev–Trinajstić information content (AvgIpc) is 3.18. The summed E-state index contributed by atoms with van der Waals surface area (Å²) in [6, 6.07) is 0. The van der Waals surface area contributed by atoms with E-state index in [0.29, 0.717) is 12.8 Å². The van der Waals surface area contributed by atoms with Gasteiger partial charge in [0.25, 0.3) is 10.1 Å². The predicted octanol–water partition coefficient (Wildman–Crippen LogP) is 8.33. The third kappa shape index (κ3) is 29.3. The van der Waals surface area contributed by atoms with E-state index >= 15 is 0 Å². The summed E-state index contributed by atoms with van der Waals surface area (Å²) in [5.74, 6) is -2.04. The number of unbranched alkanes of at least 4 members (excludes halogenated alkanes) is 13. The smallest absolute Gasteiger partial charge is 0.306 e. The van der Waals surface area contributed by atoms with Crippen LogP contribution in [0, 0.1) is 0 Å². The molecule has 0 spiro atoms. The van der Waals surface area contributed by atoms with Gasteiger partial charge in [-0.05, 0) is 64.2 Å². The van der Waals surface area contributed by atoms with E-state index in [1.807, 2.05) is 36.5 Å². The Kier molecular flexibility index (Phi) is 32.0. The van der Waals surface area contributed by atoms with Crippen molar-refractivity contribution in [3.05, 3.63) is 72.9 Å². The maximum atomic E-state index is 12.8. The van der Waals surface area contributed by atoms with Crippen LogP contribution in [0.3, 0.4) is 0 Å². The van der Waals surface area contributed by atoms with Gasteiger partial charge in [-0.15, -0.1) is 0 Å². The Morgan fingerprint density at radius 2 is 1.16 bits per heavy atom. The topological polar surface area (TPSA) is 186 Å². The molecule has 2 unspecified atom stereocenters. The van der Waals surface area contributed by atoms with Crippen molar-refractivity contribution in [1.82, 2.24) is 0 Å². The maximum absolute atomic E-state index is 12.8. The number of aliphatic hydroxyl groups is 3. The van der Waals surface area contributed by atoms with Gasteiger partial charge in [0, 0.05) is 12.8 Å². The molecule has 1 aliphatic heterocycles. The molecule has 12 nitrogen and oxygen atoms in total. The highest BCUT2D eigenvalue weighted by Gasteiger charge is 2.46. The first-order valence-electron chi connectivity index (χ1n) is 21.5. The van der Waals surface area contributed by atoms with Crippen LogP contribution < -0.4 is 0 Å². The highest BCUT2D eigenvalue weighted by atomic mass is 32.2. The van der Waals surface area contributed by atoms with E-state index in [2.05, 4.69) is 50.3 Å². The Bertz CT molecular complexity index is 1350. The lowest BCUT2D eigenvalue weighted by Gasteiger charge is -2.40. The molecule has 4 N–H and O–H groups in total. The number of hydrogen-bond donors (Lipinski definition) is 4. The molecular weight excluding hydrogens is 765 g/mol. The summed E-state index contributed by atoms with van der Waals surface area (Å²) in [5.41, 5.74) is 0. The molecule has 0 amide bonds. The van der Waals surface area contributed by atoms with E-state index in [0.717, 1.165) is 83.5 Å². The van der Waals surface area contributed by atoms with Crippen LogP contribution in [0.25, 0.3) is 0 Å². The van der Waals surface area contributed by atoms with E-state index in [4.69, 9.17) is 18.9 Å². The summed E-state index contributed by atoms with van der Waals surface area (Å²) < 4.78 is 54.0. The second-order valence-corrected chi connectivity index (χ2v) is 16.2. The Labute approximate surface area is 348 Å². The van der Waals surface area contributed by atoms with Crippen LogP contribution in [0.1, 0.15) is 142 Å². The van der Waals surface area contributed by atoms with Crippen LogP contribution in [0.4, 0.5) is 0 Å². The van der Waals surface area contributed by atoms with Crippen molar-refractivity contribution < 1.29 is 56.8 Å². The minimum absolute atomic E-state index is 0.139. The second-order valence-electron chi connectivity index (χ2n) is 14.7. The van der Waals surface area contributed by atoms with Crippen molar-refractivity contribution in [3.63, 3.8) is 0 Å². The molecular formula is C45H74O12S. The quantitative estimate of drug-likeness (QED) is 0.0160. The van der Waals surface area contributed by atoms with Gasteiger partial charge < -0.3 is 34.3 Å². The van der Waals surface area contributed by atoms with Crippen LogP contribution in [-0.2, 0) is 38.7 Å². The van der Waals surface area contributed by atoms with Crippen LogP contribution in [0.2, 0.25) is 0 Å². The highest BCUT2D eigenvalue weighted by Crippen LogP contribution is 2.24. The number of ether oxygens (including phenoxy) is 4. The zero-order valence-electron chi connectivity index (χ0n) is 35.1. The molecule has 0 aromatic heterocycles. The first-order chi connectivity index (χ1) is 28.0. The van der Waals surface area contributed by atoms with Gasteiger partial charge in [0.15, 0.2) is 12.4 Å². The number of rotatable bonds is 34. The number of hydrogen-bond acceptors (Lipinski definition) is 11. The van der Waals surface area contributed by atoms with E-state index in [-0.39, 0.29) is 19.4 Å². The molecule has 6 atom stereocenters. The molecule has 0 aliphatic carbocycles. The third-order valence-electron chi connectivity index (χ3n) is 9.36.